The number of imide groups is 1. The highest BCUT2D eigenvalue weighted by Gasteiger charge is 2.79. The summed E-state index contributed by atoms with van der Waals surface area (Å²) in [4.78, 5) is 38.1. The Balaban J connectivity index is 1.78. The van der Waals surface area contributed by atoms with Gasteiger partial charge in [-0.3, -0.25) is 9.00 Å². The van der Waals surface area contributed by atoms with E-state index in [9.17, 15) is 18.6 Å². The minimum atomic E-state index is -1.84. The van der Waals surface area contributed by atoms with Crippen LogP contribution >= 0.6 is 34.8 Å². The van der Waals surface area contributed by atoms with E-state index >= 15 is 0 Å². The number of carbonyl (C=O) groups excluding carboxylic acids is 3. The SMILES string of the molecule is CC1(C)C[N+]2(C(=O)OCC(Cl)(Cl)Cl)C(=O)C(NC(=O)Cc3ccccc3)[C@@H]2S1=O. The first-order chi connectivity index (χ1) is 13.4. The van der Waals surface area contributed by atoms with Gasteiger partial charge in [0.2, 0.25) is 21.1 Å². The third kappa shape index (κ3) is 4.18. The fourth-order valence-electron chi connectivity index (χ4n) is 3.77. The predicted molar refractivity (Wildman–Crippen MR) is 110 cm³/mol. The van der Waals surface area contributed by atoms with Crippen LogP contribution in [0.3, 0.4) is 0 Å². The fourth-order valence-corrected chi connectivity index (χ4v) is 5.94. The normalized spacial score (nSPS) is 30.2. The van der Waals surface area contributed by atoms with Crippen LogP contribution in [0.25, 0.3) is 0 Å². The molecular weight excluding hydrogens is 463 g/mol. The molecule has 2 heterocycles. The number of halogens is 3. The number of ether oxygens (including phenoxy) is 1. The molecule has 7 nitrogen and oxygen atoms in total. The molecule has 3 amide bonds. The smallest absolute Gasteiger partial charge is 0.415 e. The molecular formula is C18H20Cl3N2O5S+. The van der Waals surface area contributed by atoms with Crippen LogP contribution in [0, 0.1) is 0 Å². The quantitative estimate of drug-likeness (QED) is 0.404. The van der Waals surface area contributed by atoms with Crippen LogP contribution < -0.4 is 5.32 Å². The first kappa shape index (κ1) is 22.5. The maximum absolute atomic E-state index is 13.0. The van der Waals surface area contributed by atoms with E-state index in [1.54, 1.807) is 38.1 Å². The lowest BCUT2D eigenvalue weighted by Crippen LogP contribution is -2.81. The molecule has 2 saturated heterocycles. The molecule has 4 atom stereocenters. The number of β-lactam (4-membered cyclic amide) rings is 1. The average molecular weight is 483 g/mol. The molecule has 2 fully saturated rings. The molecule has 0 aromatic heterocycles. The molecule has 1 N–H and O–H groups in total. The zero-order valence-corrected chi connectivity index (χ0v) is 18.8. The largest absolute Gasteiger partial charge is 0.524 e. The molecule has 0 spiro atoms. The highest BCUT2D eigenvalue weighted by molar-refractivity contribution is 7.87. The summed E-state index contributed by atoms with van der Waals surface area (Å²) in [6, 6.07) is 7.95. The van der Waals surface area contributed by atoms with Gasteiger partial charge in [-0.2, -0.15) is 4.79 Å². The van der Waals surface area contributed by atoms with Crippen LogP contribution in [0.4, 0.5) is 4.79 Å². The lowest BCUT2D eigenvalue weighted by atomic mass is 9.99. The number of quaternary nitrogens is 1. The number of hydrogen-bond donors (Lipinski definition) is 1. The minimum Gasteiger partial charge on any atom is -0.415 e. The Kier molecular flexibility index (Phi) is 6.06. The number of rotatable bonds is 4. The summed E-state index contributed by atoms with van der Waals surface area (Å²) < 4.78 is 14.6. The summed E-state index contributed by atoms with van der Waals surface area (Å²) in [5, 5.41) is 1.68. The number of hydrogen-bond acceptors (Lipinski definition) is 5. The number of alkyl halides is 3. The van der Waals surface area contributed by atoms with Crippen molar-refractivity contribution in [1.82, 2.24) is 5.32 Å². The minimum absolute atomic E-state index is 0.0210. The third-order valence-electron chi connectivity index (χ3n) is 4.98. The molecule has 0 aliphatic carbocycles. The Morgan fingerprint density at radius 3 is 2.48 bits per heavy atom. The van der Waals surface area contributed by atoms with Crippen molar-refractivity contribution in [3.63, 3.8) is 0 Å². The summed E-state index contributed by atoms with van der Waals surface area (Å²) in [7, 11) is -1.58. The molecule has 3 rings (SSSR count). The number of carbonyl (C=O) groups is 3. The maximum Gasteiger partial charge on any atom is 0.524 e. The van der Waals surface area contributed by atoms with Crippen molar-refractivity contribution in [3.8, 4) is 0 Å². The number of fused-ring (bicyclic) bond motifs is 1. The highest BCUT2D eigenvalue weighted by atomic mass is 35.6. The summed E-state index contributed by atoms with van der Waals surface area (Å²) >= 11 is 16.9. The van der Waals surface area contributed by atoms with E-state index in [0.717, 1.165) is 5.56 Å². The lowest BCUT2D eigenvalue weighted by molar-refractivity contribution is -0.819. The highest BCUT2D eigenvalue weighted by Crippen LogP contribution is 2.46. The van der Waals surface area contributed by atoms with Crippen molar-refractivity contribution in [2.75, 3.05) is 13.2 Å². The van der Waals surface area contributed by atoms with E-state index in [1.807, 2.05) is 6.07 Å². The zero-order valence-electron chi connectivity index (χ0n) is 15.7. The average Bonchev–Trinajstić information content (AvgIpc) is 2.82. The molecule has 29 heavy (non-hydrogen) atoms. The number of benzene rings is 1. The standard InChI is InChI=1S/C18H19Cl3N2O5S/c1-17(2)9-23(16(26)28-10-18(19,20)21)14(25)13(15(23)29(17)27)22-12(24)8-11-6-4-3-5-7-11/h3-7,13,15H,8-10H2,1-2H3/p+1/t13?,15-,23?,29?/m0/s1. The van der Waals surface area contributed by atoms with Gasteiger partial charge in [0, 0.05) is 0 Å². The Morgan fingerprint density at radius 2 is 1.90 bits per heavy atom. The molecule has 1 aromatic rings. The van der Waals surface area contributed by atoms with Crippen molar-refractivity contribution < 1.29 is 27.8 Å². The Morgan fingerprint density at radius 1 is 1.28 bits per heavy atom. The van der Waals surface area contributed by atoms with E-state index in [0.29, 0.717) is 0 Å². The third-order valence-corrected chi connectivity index (χ3v) is 7.60. The Labute approximate surface area is 185 Å². The van der Waals surface area contributed by atoms with Gasteiger partial charge < -0.3 is 10.1 Å². The summed E-state index contributed by atoms with van der Waals surface area (Å²) in [6.07, 6.45) is -0.871. The Bertz CT molecular complexity index is 874. The van der Waals surface area contributed by atoms with E-state index in [1.165, 1.54) is 0 Å². The van der Waals surface area contributed by atoms with Crippen LogP contribution in [0.1, 0.15) is 19.4 Å². The molecule has 1 aromatic carbocycles. The summed E-state index contributed by atoms with van der Waals surface area (Å²) in [5.74, 6) is -0.978. The predicted octanol–water partition coefficient (Wildman–Crippen LogP) is 2.44. The van der Waals surface area contributed by atoms with E-state index in [-0.39, 0.29) is 13.0 Å². The van der Waals surface area contributed by atoms with E-state index in [2.05, 4.69) is 5.32 Å². The summed E-state index contributed by atoms with van der Waals surface area (Å²) in [5.41, 5.74) is 0.771. The van der Waals surface area contributed by atoms with Crippen LogP contribution in [0.2, 0.25) is 0 Å². The first-order valence-electron chi connectivity index (χ1n) is 8.79. The topological polar surface area (TPSA) is 89.5 Å². The van der Waals surface area contributed by atoms with Gasteiger partial charge in [0.15, 0.2) is 0 Å². The van der Waals surface area contributed by atoms with Gasteiger partial charge in [0.05, 0.1) is 22.0 Å². The number of nitrogens with zero attached hydrogens (tertiary/aromatic N) is 1. The molecule has 0 radical (unpaired) electrons. The van der Waals surface area contributed by atoms with Gasteiger partial charge in [0.25, 0.3) is 0 Å². The molecule has 2 aliphatic rings. The number of nitrogens with one attached hydrogen (secondary N) is 1. The fraction of sp³-hybridized carbons (Fsp3) is 0.500. The van der Waals surface area contributed by atoms with Gasteiger partial charge >= 0.3 is 12.0 Å². The van der Waals surface area contributed by atoms with Crippen molar-refractivity contribution in [2.45, 2.75) is 40.2 Å². The summed E-state index contributed by atoms with van der Waals surface area (Å²) in [6.45, 7) is 2.82. The van der Waals surface area contributed by atoms with Crippen molar-refractivity contribution in [1.29, 1.82) is 0 Å². The van der Waals surface area contributed by atoms with Crippen molar-refractivity contribution >= 4 is 63.5 Å². The second kappa shape index (κ2) is 7.81. The van der Waals surface area contributed by atoms with Gasteiger partial charge in [0.1, 0.15) is 13.2 Å². The molecule has 0 saturated carbocycles. The molecule has 0 bridgehead atoms. The van der Waals surface area contributed by atoms with Crippen LogP contribution in [-0.2, 0) is 31.5 Å². The molecule has 3 unspecified atom stereocenters. The van der Waals surface area contributed by atoms with Crippen LogP contribution in [-0.4, -0.2) is 59.7 Å². The molecule has 158 valence electrons. The maximum atomic E-state index is 13.0. The van der Waals surface area contributed by atoms with Crippen molar-refractivity contribution in [2.24, 2.45) is 0 Å². The molecule has 2 aliphatic heterocycles. The van der Waals surface area contributed by atoms with Crippen molar-refractivity contribution in [3.05, 3.63) is 35.9 Å². The van der Waals surface area contributed by atoms with E-state index < -0.39 is 59.8 Å². The van der Waals surface area contributed by atoms with Crippen LogP contribution in [0.15, 0.2) is 30.3 Å². The molecule has 11 heteroatoms. The van der Waals surface area contributed by atoms with Gasteiger partial charge in [-0.05, 0) is 19.4 Å². The zero-order chi connectivity index (χ0) is 21.6. The monoisotopic (exact) mass is 481 g/mol. The second-order valence-corrected chi connectivity index (χ2v) is 12.4. The van der Waals surface area contributed by atoms with Gasteiger partial charge in [-0.25, -0.2) is 4.79 Å². The van der Waals surface area contributed by atoms with Gasteiger partial charge in [-0.15, -0.1) is 4.48 Å². The number of amides is 3. The van der Waals surface area contributed by atoms with E-state index in [4.69, 9.17) is 39.5 Å². The van der Waals surface area contributed by atoms with Crippen LogP contribution in [0.5, 0.6) is 0 Å². The second-order valence-electron chi connectivity index (χ2n) is 7.69. The lowest BCUT2D eigenvalue weighted by Gasteiger charge is -2.44. The van der Waals surface area contributed by atoms with Gasteiger partial charge in [-0.1, -0.05) is 65.1 Å². The first-order valence-corrected chi connectivity index (χ1v) is 11.1. The Hall–Kier alpha value is -1.19.